The lowest BCUT2D eigenvalue weighted by atomic mass is 10.1. The van der Waals surface area contributed by atoms with Crippen LogP contribution < -0.4 is 5.30 Å². The molecular weight excluding hydrogens is 210 g/mol. The van der Waals surface area contributed by atoms with Crippen LogP contribution in [0.5, 0.6) is 0 Å². The Morgan fingerprint density at radius 1 is 0.933 bits per heavy atom. The van der Waals surface area contributed by atoms with Crippen molar-refractivity contribution in [2.24, 2.45) is 0 Å². The highest BCUT2D eigenvalue weighted by molar-refractivity contribution is 7.34. The minimum absolute atomic E-state index is 0.191. The molecule has 1 nitrogen and oxygen atoms in total. The van der Waals surface area contributed by atoms with Crippen molar-refractivity contribution in [1.82, 2.24) is 0 Å². The molecule has 2 aromatic rings. The van der Waals surface area contributed by atoms with Crippen molar-refractivity contribution < 1.29 is 8.96 Å². The molecule has 0 aromatic heterocycles. The molecule has 0 saturated heterocycles. The van der Waals surface area contributed by atoms with Gasteiger partial charge in [0.25, 0.3) is 0 Å². The summed E-state index contributed by atoms with van der Waals surface area (Å²) in [6.07, 6.45) is 0. The number of hydrogen-bond donors (Lipinski definition) is 0. The van der Waals surface area contributed by atoms with Gasteiger partial charge >= 0.3 is 0 Å². The van der Waals surface area contributed by atoms with Gasteiger partial charge < -0.3 is 0 Å². The fourth-order valence-electron chi connectivity index (χ4n) is 1.43. The summed E-state index contributed by atoms with van der Waals surface area (Å²) in [4.78, 5) is 0. The van der Waals surface area contributed by atoms with Gasteiger partial charge in [-0.3, -0.25) is 4.57 Å². The molecule has 3 heteroatoms. The molecule has 0 fully saturated rings. The molecule has 0 aliphatic heterocycles. The number of hydrogen-bond acceptors (Lipinski definition) is 1. The zero-order valence-electron chi connectivity index (χ0n) is 7.85. The fourth-order valence-corrected chi connectivity index (χ4v) is 1.78. The second kappa shape index (κ2) is 4.33. The minimum atomic E-state index is -0.416. The van der Waals surface area contributed by atoms with Gasteiger partial charge in [0.1, 0.15) is 5.82 Å². The Bertz CT molecular complexity index is 482. The smallest absolute Gasteiger partial charge is 0.195 e. The highest BCUT2D eigenvalue weighted by Crippen LogP contribution is 2.22. The van der Waals surface area contributed by atoms with E-state index in [0.29, 0.717) is 5.56 Å². The Kier molecular flexibility index (Phi) is 2.89. The summed E-state index contributed by atoms with van der Waals surface area (Å²) in [6, 6.07) is 14.1. The van der Waals surface area contributed by atoms with Crippen LogP contribution in [0.25, 0.3) is 11.1 Å². The molecular formula is C12H8FOP. The van der Waals surface area contributed by atoms with Crippen LogP contribution in [-0.2, 0) is 4.57 Å². The van der Waals surface area contributed by atoms with Gasteiger partial charge in [-0.2, -0.15) is 0 Å². The van der Waals surface area contributed by atoms with Crippen molar-refractivity contribution in [3.05, 3.63) is 54.3 Å². The molecule has 0 N–H and O–H groups in total. The molecule has 74 valence electrons. The molecule has 0 heterocycles. The topological polar surface area (TPSA) is 17.1 Å². The van der Waals surface area contributed by atoms with E-state index in [2.05, 4.69) is 0 Å². The van der Waals surface area contributed by atoms with Crippen LogP contribution >= 0.6 is 8.46 Å². The fraction of sp³-hybridized carbons (Fsp3) is 0. The van der Waals surface area contributed by atoms with Gasteiger partial charge in [0.15, 0.2) is 8.46 Å². The summed E-state index contributed by atoms with van der Waals surface area (Å²) in [6.45, 7) is 0. The maximum atomic E-state index is 13.8. The lowest BCUT2D eigenvalue weighted by molar-refractivity contribution is 0.599. The Morgan fingerprint density at radius 3 is 2.33 bits per heavy atom. The van der Waals surface area contributed by atoms with E-state index in [4.69, 9.17) is 0 Å². The highest BCUT2D eigenvalue weighted by atomic mass is 31.1. The third-order valence-electron chi connectivity index (χ3n) is 2.16. The van der Waals surface area contributed by atoms with Gasteiger partial charge in [-0.05, 0) is 11.6 Å². The Labute approximate surface area is 88.8 Å². The average Bonchev–Trinajstić information content (AvgIpc) is 2.30. The largest absolute Gasteiger partial charge is 0.269 e. The van der Waals surface area contributed by atoms with Crippen LogP contribution in [0.3, 0.4) is 0 Å². The van der Waals surface area contributed by atoms with Crippen LogP contribution in [0.1, 0.15) is 0 Å². The first kappa shape index (κ1) is 10.0. The lowest BCUT2D eigenvalue weighted by Crippen LogP contribution is -2.00. The van der Waals surface area contributed by atoms with Crippen molar-refractivity contribution >= 4 is 13.8 Å². The Balaban J connectivity index is 2.59. The molecule has 0 amide bonds. The molecule has 0 bridgehead atoms. The zero-order chi connectivity index (χ0) is 10.7. The third kappa shape index (κ3) is 1.95. The van der Waals surface area contributed by atoms with E-state index in [0.717, 1.165) is 5.56 Å². The lowest BCUT2D eigenvalue weighted by Gasteiger charge is -2.03. The van der Waals surface area contributed by atoms with Crippen molar-refractivity contribution in [2.75, 3.05) is 0 Å². The van der Waals surface area contributed by atoms with E-state index in [9.17, 15) is 8.96 Å². The normalized spacial score (nSPS) is 10.5. The van der Waals surface area contributed by atoms with Gasteiger partial charge in [-0.15, -0.1) is 0 Å². The van der Waals surface area contributed by atoms with Crippen molar-refractivity contribution in [3.63, 3.8) is 0 Å². The monoisotopic (exact) mass is 218 g/mol. The van der Waals surface area contributed by atoms with Gasteiger partial charge in [0.2, 0.25) is 0 Å². The molecule has 0 atom stereocenters. The second-order valence-corrected chi connectivity index (χ2v) is 3.76. The quantitative estimate of drug-likeness (QED) is 0.706. The maximum absolute atomic E-state index is 13.8. The van der Waals surface area contributed by atoms with Gasteiger partial charge in [-0.1, -0.05) is 42.5 Å². The Hall–Kier alpha value is -1.53. The summed E-state index contributed by atoms with van der Waals surface area (Å²) >= 11 is 0. The molecule has 0 radical (unpaired) electrons. The molecule has 2 rings (SSSR count). The molecule has 0 aliphatic rings. The van der Waals surface area contributed by atoms with Crippen molar-refractivity contribution in [2.45, 2.75) is 0 Å². The minimum Gasteiger partial charge on any atom is -0.269 e. The number of halogens is 1. The Morgan fingerprint density at radius 2 is 1.67 bits per heavy atom. The predicted molar refractivity (Wildman–Crippen MR) is 59.1 cm³/mol. The van der Waals surface area contributed by atoms with E-state index >= 15 is 0 Å². The molecule has 0 aliphatic carbocycles. The predicted octanol–water partition coefficient (Wildman–Crippen LogP) is 3.41. The van der Waals surface area contributed by atoms with Gasteiger partial charge in [0.05, 0.1) is 5.30 Å². The van der Waals surface area contributed by atoms with E-state index in [1.807, 2.05) is 30.3 Å². The van der Waals surface area contributed by atoms with Crippen LogP contribution in [0.4, 0.5) is 4.39 Å². The van der Waals surface area contributed by atoms with E-state index in [-0.39, 0.29) is 13.8 Å². The van der Waals surface area contributed by atoms with Crippen LogP contribution in [0, 0.1) is 5.82 Å². The SMILES string of the molecule is O=Pc1cccc(-c2ccccc2)c1F. The summed E-state index contributed by atoms with van der Waals surface area (Å²) in [5.41, 5.74) is 1.27. The molecule has 15 heavy (non-hydrogen) atoms. The van der Waals surface area contributed by atoms with Crippen molar-refractivity contribution in [3.8, 4) is 11.1 Å². The van der Waals surface area contributed by atoms with E-state index < -0.39 is 5.82 Å². The van der Waals surface area contributed by atoms with Crippen LogP contribution in [0.2, 0.25) is 0 Å². The first-order valence-electron chi connectivity index (χ1n) is 4.50. The van der Waals surface area contributed by atoms with Gasteiger partial charge in [-0.25, -0.2) is 4.39 Å². The molecule has 0 saturated carbocycles. The number of benzene rings is 2. The third-order valence-corrected chi connectivity index (χ3v) is 2.70. The average molecular weight is 218 g/mol. The van der Waals surface area contributed by atoms with E-state index in [1.165, 1.54) is 6.07 Å². The zero-order valence-corrected chi connectivity index (χ0v) is 8.75. The number of rotatable bonds is 2. The van der Waals surface area contributed by atoms with Crippen LogP contribution in [0.15, 0.2) is 48.5 Å². The molecule has 0 spiro atoms. The first-order chi connectivity index (χ1) is 7.33. The molecule has 2 aromatic carbocycles. The molecule has 0 unspecified atom stereocenters. The maximum Gasteiger partial charge on any atom is 0.195 e. The summed E-state index contributed by atoms with van der Waals surface area (Å²) in [7, 11) is -0.288. The first-order valence-corrected chi connectivity index (χ1v) is 5.31. The van der Waals surface area contributed by atoms with Crippen molar-refractivity contribution in [1.29, 1.82) is 0 Å². The van der Waals surface area contributed by atoms with Crippen LogP contribution in [-0.4, -0.2) is 0 Å². The standard InChI is InChI=1S/C12H8FOP/c13-12-10(7-4-8-11(12)15-14)9-5-2-1-3-6-9/h1-8H. The second-order valence-electron chi connectivity index (χ2n) is 3.10. The highest BCUT2D eigenvalue weighted by Gasteiger charge is 2.08. The van der Waals surface area contributed by atoms with Gasteiger partial charge in [0, 0.05) is 5.56 Å². The summed E-state index contributed by atoms with van der Waals surface area (Å²) in [5, 5.41) is 0.191. The van der Waals surface area contributed by atoms with E-state index in [1.54, 1.807) is 12.1 Å². The summed E-state index contributed by atoms with van der Waals surface area (Å²) in [5.74, 6) is -0.416. The summed E-state index contributed by atoms with van der Waals surface area (Å²) < 4.78 is 24.4.